The molecule has 150 valence electrons. The molecule has 0 aromatic carbocycles. The molecule has 0 aliphatic carbocycles. The van der Waals surface area contributed by atoms with Crippen LogP contribution in [0.4, 0.5) is 0 Å². The second kappa shape index (κ2) is 16.0. The van der Waals surface area contributed by atoms with Crippen LogP contribution < -0.4 is 10.8 Å². The number of amides is 1. The van der Waals surface area contributed by atoms with Crippen molar-refractivity contribution in [1.29, 1.82) is 0 Å². The number of hydroxylamine groups is 1. The lowest BCUT2D eigenvalue weighted by molar-refractivity contribution is -0.121. The van der Waals surface area contributed by atoms with Crippen LogP contribution in [-0.4, -0.2) is 52.0 Å². The summed E-state index contributed by atoms with van der Waals surface area (Å²) in [6.45, 7) is 5.61. The van der Waals surface area contributed by atoms with Crippen LogP contribution in [0.25, 0.3) is 0 Å². The van der Waals surface area contributed by atoms with Gasteiger partial charge in [-0.1, -0.05) is 31.2 Å². The predicted molar refractivity (Wildman–Crippen MR) is 104 cm³/mol. The lowest BCUT2D eigenvalue weighted by Gasteiger charge is -2.16. The van der Waals surface area contributed by atoms with E-state index in [4.69, 9.17) is 14.3 Å². The molecular weight excluding hydrogens is 332 g/mol. The summed E-state index contributed by atoms with van der Waals surface area (Å²) >= 11 is 0. The Hall–Kier alpha value is -1.21. The Labute approximate surface area is 158 Å². The molecule has 6 heteroatoms. The average molecular weight is 369 g/mol. The Kier molecular flexibility index (Phi) is 14.0. The molecule has 1 aliphatic rings. The van der Waals surface area contributed by atoms with Gasteiger partial charge in [0.05, 0.1) is 19.8 Å². The fourth-order valence-corrected chi connectivity index (χ4v) is 2.68. The SMILES string of the molecule is CC/C=C\C=C/CCOCC(CCCC(=O)NCC1CCOC1)ONC. The van der Waals surface area contributed by atoms with Gasteiger partial charge >= 0.3 is 0 Å². The van der Waals surface area contributed by atoms with E-state index in [9.17, 15) is 4.79 Å². The molecular formula is C20H36N2O4. The third-order valence-corrected chi connectivity index (χ3v) is 4.18. The number of ether oxygens (including phenoxy) is 2. The maximum Gasteiger partial charge on any atom is 0.220 e. The lowest BCUT2D eigenvalue weighted by Crippen LogP contribution is -2.30. The van der Waals surface area contributed by atoms with Crippen molar-refractivity contribution in [2.45, 2.75) is 51.6 Å². The van der Waals surface area contributed by atoms with E-state index in [2.05, 4.69) is 35.9 Å². The summed E-state index contributed by atoms with van der Waals surface area (Å²) in [5, 5.41) is 2.99. The van der Waals surface area contributed by atoms with Gasteiger partial charge in [-0.3, -0.25) is 9.63 Å². The molecule has 0 radical (unpaired) electrons. The molecule has 1 aliphatic heterocycles. The monoisotopic (exact) mass is 368 g/mol. The number of hydrogen-bond acceptors (Lipinski definition) is 5. The first-order chi connectivity index (χ1) is 12.8. The Morgan fingerprint density at radius 1 is 1.35 bits per heavy atom. The van der Waals surface area contributed by atoms with Crippen molar-refractivity contribution < 1.29 is 19.1 Å². The number of hydrogen-bond donors (Lipinski definition) is 2. The van der Waals surface area contributed by atoms with E-state index in [0.29, 0.717) is 25.6 Å². The highest BCUT2D eigenvalue weighted by molar-refractivity contribution is 5.75. The molecule has 2 atom stereocenters. The molecule has 0 aromatic heterocycles. The largest absolute Gasteiger partial charge is 0.381 e. The molecule has 1 fully saturated rings. The molecule has 6 nitrogen and oxygen atoms in total. The standard InChI is InChI=1S/C20H36N2O4/c1-3-4-5-6-7-8-13-24-17-19(26-21-2)10-9-11-20(23)22-15-18-12-14-25-16-18/h4-7,18-19,21H,3,8-17H2,1-2H3,(H,22,23)/b5-4-,7-6-. The number of carbonyl (C=O) groups excluding carboxylic acids is 1. The molecule has 1 rings (SSSR count). The Morgan fingerprint density at radius 2 is 2.19 bits per heavy atom. The zero-order valence-electron chi connectivity index (χ0n) is 16.4. The third kappa shape index (κ3) is 12.2. The highest BCUT2D eigenvalue weighted by Crippen LogP contribution is 2.11. The Balaban J connectivity index is 2.06. The molecule has 1 heterocycles. The van der Waals surface area contributed by atoms with Gasteiger partial charge in [-0.25, -0.2) is 5.48 Å². The first kappa shape index (κ1) is 22.8. The van der Waals surface area contributed by atoms with Crippen molar-refractivity contribution >= 4 is 5.91 Å². The van der Waals surface area contributed by atoms with Gasteiger partial charge in [0.1, 0.15) is 6.10 Å². The van der Waals surface area contributed by atoms with Crippen molar-refractivity contribution in [3.8, 4) is 0 Å². The first-order valence-corrected chi connectivity index (χ1v) is 9.82. The second-order valence-electron chi connectivity index (χ2n) is 6.50. The van der Waals surface area contributed by atoms with Crippen molar-refractivity contribution in [2.75, 3.05) is 40.0 Å². The smallest absolute Gasteiger partial charge is 0.220 e. The minimum Gasteiger partial charge on any atom is -0.381 e. The summed E-state index contributed by atoms with van der Waals surface area (Å²) in [5.74, 6) is 0.575. The van der Waals surface area contributed by atoms with E-state index in [0.717, 1.165) is 51.9 Å². The van der Waals surface area contributed by atoms with Gasteiger partial charge in [0, 0.05) is 32.5 Å². The zero-order valence-corrected chi connectivity index (χ0v) is 16.4. The van der Waals surface area contributed by atoms with Gasteiger partial charge in [0.2, 0.25) is 5.91 Å². The van der Waals surface area contributed by atoms with E-state index in [-0.39, 0.29) is 12.0 Å². The van der Waals surface area contributed by atoms with Crippen LogP contribution in [0.15, 0.2) is 24.3 Å². The fraction of sp³-hybridized carbons (Fsp3) is 0.750. The molecule has 0 aromatic rings. The second-order valence-corrected chi connectivity index (χ2v) is 6.50. The number of carbonyl (C=O) groups is 1. The lowest BCUT2D eigenvalue weighted by atomic mass is 10.1. The molecule has 0 bridgehead atoms. The van der Waals surface area contributed by atoms with Crippen LogP contribution in [0.1, 0.15) is 45.4 Å². The molecule has 1 saturated heterocycles. The van der Waals surface area contributed by atoms with Crippen LogP contribution in [-0.2, 0) is 19.1 Å². The quantitative estimate of drug-likeness (QED) is 0.264. The summed E-state index contributed by atoms with van der Waals surface area (Å²) in [6, 6.07) is 0. The van der Waals surface area contributed by atoms with Gasteiger partial charge in [-0.05, 0) is 32.1 Å². The van der Waals surface area contributed by atoms with Crippen LogP contribution in [0, 0.1) is 5.92 Å². The molecule has 2 unspecified atom stereocenters. The summed E-state index contributed by atoms with van der Waals surface area (Å²) < 4.78 is 11.0. The Bertz CT molecular complexity index is 407. The van der Waals surface area contributed by atoms with E-state index < -0.39 is 0 Å². The molecule has 1 amide bonds. The van der Waals surface area contributed by atoms with Crippen LogP contribution in [0.5, 0.6) is 0 Å². The number of rotatable bonds is 15. The number of allylic oxidation sites excluding steroid dienone is 3. The third-order valence-electron chi connectivity index (χ3n) is 4.18. The van der Waals surface area contributed by atoms with Crippen LogP contribution in [0.2, 0.25) is 0 Å². The van der Waals surface area contributed by atoms with Crippen LogP contribution in [0.3, 0.4) is 0 Å². The minimum atomic E-state index is -0.0417. The molecule has 2 N–H and O–H groups in total. The predicted octanol–water partition coefficient (Wildman–Crippen LogP) is 2.76. The summed E-state index contributed by atoms with van der Waals surface area (Å²) in [5.41, 5.74) is 2.73. The zero-order chi connectivity index (χ0) is 18.9. The van der Waals surface area contributed by atoms with Gasteiger partial charge in [0.15, 0.2) is 0 Å². The van der Waals surface area contributed by atoms with Gasteiger partial charge in [-0.15, -0.1) is 0 Å². The van der Waals surface area contributed by atoms with E-state index >= 15 is 0 Å². The Morgan fingerprint density at radius 3 is 2.92 bits per heavy atom. The average Bonchev–Trinajstić information content (AvgIpc) is 3.15. The fourth-order valence-electron chi connectivity index (χ4n) is 2.68. The topological polar surface area (TPSA) is 68.8 Å². The van der Waals surface area contributed by atoms with E-state index in [1.807, 2.05) is 6.08 Å². The van der Waals surface area contributed by atoms with Gasteiger partial charge < -0.3 is 14.8 Å². The molecule has 26 heavy (non-hydrogen) atoms. The van der Waals surface area contributed by atoms with Crippen molar-refractivity contribution in [2.24, 2.45) is 5.92 Å². The van der Waals surface area contributed by atoms with E-state index in [1.54, 1.807) is 7.05 Å². The first-order valence-electron chi connectivity index (χ1n) is 9.82. The molecule has 0 saturated carbocycles. The van der Waals surface area contributed by atoms with Crippen LogP contribution >= 0.6 is 0 Å². The van der Waals surface area contributed by atoms with Crippen molar-refractivity contribution in [1.82, 2.24) is 10.8 Å². The summed E-state index contributed by atoms with van der Waals surface area (Å²) in [7, 11) is 1.74. The maximum atomic E-state index is 11.9. The maximum absolute atomic E-state index is 11.9. The van der Waals surface area contributed by atoms with E-state index in [1.165, 1.54) is 0 Å². The summed E-state index contributed by atoms with van der Waals surface area (Å²) in [4.78, 5) is 17.4. The normalized spacial score (nSPS) is 18.8. The van der Waals surface area contributed by atoms with Gasteiger partial charge in [-0.2, -0.15) is 0 Å². The van der Waals surface area contributed by atoms with Crippen molar-refractivity contribution in [3.05, 3.63) is 24.3 Å². The number of nitrogens with one attached hydrogen (secondary N) is 2. The van der Waals surface area contributed by atoms with Crippen molar-refractivity contribution in [3.63, 3.8) is 0 Å². The summed E-state index contributed by atoms with van der Waals surface area (Å²) in [6.07, 6.45) is 13.3. The highest BCUT2D eigenvalue weighted by Gasteiger charge is 2.16. The molecule has 0 spiro atoms. The highest BCUT2D eigenvalue weighted by atomic mass is 16.7. The minimum absolute atomic E-state index is 0.0417. The van der Waals surface area contributed by atoms with Gasteiger partial charge in [0.25, 0.3) is 0 Å².